The Bertz CT molecular complexity index is 779. The number of carbonyl (C=O) groups is 1. The monoisotopic (exact) mass is 378 g/mol. The van der Waals surface area contributed by atoms with Gasteiger partial charge in [-0.3, -0.25) is 14.4 Å². The van der Waals surface area contributed by atoms with Crippen molar-refractivity contribution < 1.29 is 4.79 Å². The smallest absolute Gasteiger partial charge is 0.246 e. The third-order valence-corrected chi connectivity index (χ3v) is 4.82. The van der Waals surface area contributed by atoms with E-state index in [0.29, 0.717) is 23.1 Å². The van der Waals surface area contributed by atoms with Gasteiger partial charge in [0.2, 0.25) is 5.91 Å². The zero-order valence-corrected chi connectivity index (χ0v) is 15.5. The molecule has 2 aromatic rings. The fraction of sp³-hybridized carbons (Fsp3) is 0.333. The fourth-order valence-electron chi connectivity index (χ4n) is 2.82. The normalized spacial score (nSPS) is 15.9. The number of aromatic nitrogens is 2. The molecule has 1 aromatic carbocycles. The molecule has 1 aromatic heterocycles. The molecule has 1 fully saturated rings. The average Bonchev–Trinajstić information content (AvgIpc) is 3.01. The van der Waals surface area contributed by atoms with Crippen LogP contribution < -0.4 is 0 Å². The SMILES string of the molecule is Cn1cc(/C=C/C(=O)N2CCN(Cc3ccc(Cl)cc3Cl)CC2)cn1. The van der Waals surface area contributed by atoms with Gasteiger partial charge in [-0.1, -0.05) is 29.3 Å². The summed E-state index contributed by atoms with van der Waals surface area (Å²) in [5.41, 5.74) is 1.98. The molecule has 0 radical (unpaired) electrons. The molecule has 0 bridgehead atoms. The molecule has 0 N–H and O–H groups in total. The minimum absolute atomic E-state index is 0.0352. The van der Waals surface area contributed by atoms with Gasteiger partial charge in [-0.15, -0.1) is 0 Å². The van der Waals surface area contributed by atoms with Crippen LogP contribution in [-0.2, 0) is 18.4 Å². The van der Waals surface area contributed by atoms with Gasteiger partial charge in [-0.2, -0.15) is 5.10 Å². The van der Waals surface area contributed by atoms with Gasteiger partial charge in [-0.25, -0.2) is 0 Å². The van der Waals surface area contributed by atoms with E-state index in [1.807, 2.05) is 30.3 Å². The fourth-order valence-corrected chi connectivity index (χ4v) is 3.28. The van der Waals surface area contributed by atoms with Crippen LogP contribution in [0.2, 0.25) is 10.0 Å². The third-order valence-electron chi connectivity index (χ3n) is 4.24. The van der Waals surface area contributed by atoms with Crippen molar-refractivity contribution >= 4 is 35.2 Å². The Morgan fingerprint density at radius 1 is 1.24 bits per heavy atom. The number of piperazine rings is 1. The first-order chi connectivity index (χ1) is 12.0. The van der Waals surface area contributed by atoms with E-state index in [4.69, 9.17) is 23.2 Å². The second-order valence-electron chi connectivity index (χ2n) is 6.12. The third kappa shape index (κ3) is 4.84. The van der Waals surface area contributed by atoms with E-state index in [-0.39, 0.29) is 5.91 Å². The maximum Gasteiger partial charge on any atom is 0.246 e. The summed E-state index contributed by atoms with van der Waals surface area (Å²) >= 11 is 12.2. The summed E-state index contributed by atoms with van der Waals surface area (Å²) in [6, 6.07) is 5.58. The van der Waals surface area contributed by atoms with Crippen LogP contribution in [0, 0.1) is 0 Å². The Kier molecular flexibility index (Phi) is 5.78. The van der Waals surface area contributed by atoms with Crippen LogP contribution in [0.4, 0.5) is 0 Å². The van der Waals surface area contributed by atoms with E-state index in [2.05, 4.69) is 10.00 Å². The first-order valence-corrected chi connectivity index (χ1v) is 8.89. The molecule has 1 saturated heterocycles. The molecular formula is C18H20Cl2N4O. The molecule has 0 atom stereocenters. The van der Waals surface area contributed by atoms with Crippen LogP contribution in [0.15, 0.2) is 36.7 Å². The molecule has 25 heavy (non-hydrogen) atoms. The molecule has 132 valence electrons. The molecule has 1 aliphatic rings. The molecule has 0 unspecified atom stereocenters. The Hall–Kier alpha value is -1.82. The molecule has 0 spiro atoms. The molecule has 0 saturated carbocycles. The van der Waals surface area contributed by atoms with E-state index >= 15 is 0 Å². The number of aryl methyl sites for hydroxylation is 1. The topological polar surface area (TPSA) is 41.4 Å². The van der Waals surface area contributed by atoms with Gasteiger partial charge >= 0.3 is 0 Å². The van der Waals surface area contributed by atoms with E-state index in [1.165, 1.54) is 0 Å². The molecule has 7 heteroatoms. The van der Waals surface area contributed by atoms with Crippen LogP contribution in [0.5, 0.6) is 0 Å². The number of rotatable bonds is 4. The second-order valence-corrected chi connectivity index (χ2v) is 6.96. The molecular weight excluding hydrogens is 359 g/mol. The van der Waals surface area contributed by atoms with E-state index < -0.39 is 0 Å². The summed E-state index contributed by atoms with van der Waals surface area (Å²) in [5.74, 6) is 0.0352. The Balaban J connectivity index is 1.51. The van der Waals surface area contributed by atoms with Gasteiger partial charge in [0.05, 0.1) is 6.20 Å². The minimum atomic E-state index is 0.0352. The lowest BCUT2D eigenvalue weighted by molar-refractivity contribution is -0.127. The van der Waals surface area contributed by atoms with Crippen molar-refractivity contribution in [3.8, 4) is 0 Å². The lowest BCUT2D eigenvalue weighted by Gasteiger charge is -2.34. The molecule has 1 aliphatic heterocycles. The summed E-state index contributed by atoms with van der Waals surface area (Å²) in [4.78, 5) is 16.5. The summed E-state index contributed by atoms with van der Waals surface area (Å²) < 4.78 is 1.71. The minimum Gasteiger partial charge on any atom is -0.337 e. The Labute approximate surface area is 157 Å². The Morgan fingerprint density at radius 3 is 2.64 bits per heavy atom. The number of halogens is 2. The number of amides is 1. The van der Waals surface area contributed by atoms with Crippen LogP contribution in [0.3, 0.4) is 0 Å². The zero-order valence-electron chi connectivity index (χ0n) is 14.0. The van der Waals surface area contributed by atoms with Crippen LogP contribution in [-0.4, -0.2) is 51.7 Å². The van der Waals surface area contributed by atoms with E-state index in [0.717, 1.165) is 30.8 Å². The predicted octanol–water partition coefficient (Wildman–Crippen LogP) is 3.08. The molecule has 0 aliphatic carbocycles. The average molecular weight is 379 g/mol. The lowest BCUT2D eigenvalue weighted by Crippen LogP contribution is -2.47. The molecule has 3 rings (SSSR count). The predicted molar refractivity (Wildman–Crippen MR) is 101 cm³/mol. The van der Waals surface area contributed by atoms with E-state index in [1.54, 1.807) is 29.1 Å². The molecule has 2 heterocycles. The number of hydrogen-bond donors (Lipinski definition) is 0. The van der Waals surface area contributed by atoms with Crippen LogP contribution >= 0.6 is 23.2 Å². The Morgan fingerprint density at radius 2 is 2.00 bits per heavy atom. The highest BCUT2D eigenvalue weighted by molar-refractivity contribution is 6.35. The number of carbonyl (C=O) groups excluding carboxylic acids is 1. The summed E-state index contributed by atoms with van der Waals surface area (Å²) in [7, 11) is 1.85. The van der Waals surface area contributed by atoms with Gasteiger partial charge in [0.15, 0.2) is 0 Å². The second kappa shape index (κ2) is 8.04. The first kappa shape index (κ1) is 18.0. The van der Waals surface area contributed by atoms with Gasteiger partial charge in [0, 0.05) is 67.7 Å². The maximum absolute atomic E-state index is 12.3. The molecule has 5 nitrogen and oxygen atoms in total. The molecule has 1 amide bonds. The van der Waals surface area contributed by atoms with Crippen molar-refractivity contribution in [2.75, 3.05) is 26.2 Å². The lowest BCUT2D eigenvalue weighted by atomic mass is 10.2. The van der Waals surface area contributed by atoms with Crippen molar-refractivity contribution in [2.45, 2.75) is 6.54 Å². The van der Waals surface area contributed by atoms with Gasteiger partial charge in [0.1, 0.15) is 0 Å². The highest BCUT2D eigenvalue weighted by atomic mass is 35.5. The number of benzene rings is 1. The summed E-state index contributed by atoms with van der Waals surface area (Å²) in [6.07, 6.45) is 7.02. The standard InChI is InChI=1S/C18H20Cl2N4O/c1-22-12-14(11-21-22)2-5-18(25)24-8-6-23(7-9-24)13-15-3-4-16(19)10-17(15)20/h2-5,10-12H,6-9,13H2,1H3/b5-2+. The first-order valence-electron chi connectivity index (χ1n) is 8.13. The van der Waals surface area contributed by atoms with E-state index in [9.17, 15) is 4.79 Å². The largest absolute Gasteiger partial charge is 0.337 e. The van der Waals surface area contributed by atoms with Crippen molar-refractivity contribution in [1.29, 1.82) is 0 Å². The van der Waals surface area contributed by atoms with Crippen LogP contribution in [0.25, 0.3) is 6.08 Å². The highest BCUT2D eigenvalue weighted by Gasteiger charge is 2.20. The quantitative estimate of drug-likeness (QED) is 0.767. The summed E-state index contributed by atoms with van der Waals surface area (Å²) in [6.45, 7) is 3.84. The summed E-state index contributed by atoms with van der Waals surface area (Å²) in [5, 5.41) is 5.41. The maximum atomic E-state index is 12.3. The van der Waals surface area contributed by atoms with Gasteiger partial charge in [0.25, 0.3) is 0 Å². The van der Waals surface area contributed by atoms with Crippen molar-refractivity contribution in [1.82, 2.24) is 19.6 Å². The van der Waals surface area contributed by atoms with Crippen molar-refractivity contribution in [2.24, 2.45) is 7.05 Å². The zero-order chi connectivity index (χ0) is 17.8. The number of hydrogen-bond acceptors (Lipinski definition) is 3. The van der Waals surface area contributed by atoms with Gasteiger partial charge < -0.3 is 4.90 Å². The van der Waals surface area contributed by atoms with Gasteiger partial charge in [-0.05, 0) is 23.8 Å². The van der Waals surface area contributed by atoms with Crippen molar-refractivity contribution in [3.63, 3.8) is 0 Å². The van der Waals surface area contributed by atoms with Crippen molar-refractivity contribution in [3.05, 3.63) is 57.8 Å². The van der Waals surface area contributed by atoms with Crippen LogP contribution in [0.1, 0.15) is 11.1 Å². The highest BCUT2D eigenvalue weighted by Crippen LogP contribution is 2.22. The number of nitrogens with zero attached hydrogens (tertiary/aromatic N) is 4.